The molecule has 1 atom stereocenters. The minimum absolute atomic E-state index is 0.106. The molecule has 1 aliphatic rings. The van der Waals surface area contributed by atoms with Crippen molar-refractivity contribution in [2.75, 3.05) is 39.0 Å². The van der Waals surface area contributed by atoms with Crippen molar-refractivity contribution in [2.45, 2.75) is 29.7 Å². The fourth-order valence-corrected chi connectivity index (χ4v) is 5.54. The van der Waals surface area contributed by atoms with E-state index in [0.717, 1.165) is 19.3 Å². The molecular formula is C16H26N2O5S2. The van der Waals surface area contributed by atoms with E-state index < -0.39 is 19.9 Å². The van der Waals surface area contributed by atoms with Gasteiger partial charge in [0.25, 0.3) is 0 Å². The average molecular weight is 391 g/mol. The third-order valence-corrected chi connectivity index (χ3v) is 6.65. The Bertz CT molecular complexity index is 790. The molecule has 0 spiro atoms. The first-order chi connectivity index (χ1) is 11.6. The third kappa shape index (κ3) is 5.75. The number of nitrogens with zero attached hydrogens (tertiary/aromatic N) is 1. The molecular weight excluding hydrogens is 364 g/mol. The number of morpholine rings is 1. The van der Waals surface area contributed by atoms with Crippen LogP contribution in [0.15, 0.2) is 34.1 Å². The maximum atomic E-state index is 12.6. The van der Waals surface area contributed by atoms with Gasteiger partial charge in [-0.25, -0.2) is 21.6 Å². The lowest BCUT2D eigenvalue weighted by Crippen LogP contribution is -2.48. The zero-order valence-corrected chi connectivity index (χ0v) is 16.4. The zero-order chi connectivity index (χ0) is 18.7. The van der Waals surface area contributed by atoms with Crippen LogP contribution in [0.2, 0.25) is 0 Å². The minimum atomic E-state index is -3.94. The Balaban J connectivity index is 2.08. The topological polar surface area (TPSA) is 92.8 Å². The highest BCUT2D eigenvalue weighted by molar-refractivity contribution is 7.93. The molecule has 2 rings (SSSR count). The van der Waals surface area contributed by atoms with E-state index in [9.17, 15) is 16.8 Å². The van der Waals surface area contributed by atoms with Crippen LogP contribution in [0.5, 0.6) is 0 Å². The zero-order valence-electron chi connectivity index (χ0n) is 14.8. The third-order valence-electron chi connectivity index (χ3n) is 3.89. The SMILES string of the molecule is CC(C)CN1CCOC(CNS(=O)(=O)c2ccccc2S(C)(=O)=O)C1. The molecule has 1 N–H and O–H groups in total. The first-order valence-corrected chi connectivity index (χ1v) is 11.6. The van der Waals surface area contributed by atoms with Crippen molar-refractivity contribution in [3.63, 3.8) is 0 Å². The molecule has 0 saturated carbocycles. The second-order valence-corrected chi connectivity index (χ2v) is 10.4. The number of hydrogen-bond acceptors (Lipinski definition) is 6. The number of sulfone groups is 1. The first-order valence-electron chi connectivity index (χ1n) is 8.22. The Labute approximate surface area is 150 Å². The van der Waals surface area contributed by atoms with Crippen LogP contribution >= 0.6 is 0 Å². The van der Waals surface area contributed by atoms with Crippen molar-refractivity contribution >= 4 is 19.9 Å². The lowest BCUT2D eigenvalue weighted by atomic mass is 10.2. The van der Waals surface area contributed by atoms with Crippen LogP contribution in [0.25, 0.3) is 0 Å². The number of sulfonamides is 1. The minimum Gasteiger partial charge on any atom is -0.374 e. The monoisotopic (exact) mass is 390 g/mol. The summed E-state index contributed by atoms with van der Waals surface area (Å²) in [5.74, 6) is 0.525. The van der Waals surface area contributed by atoms with Gasteiger partial charge in [-0.1, -0.05) is 26.0 Å². The van der Waals surface area contributed by atoms with Crippen molar-refractivity contribution in [2.24, 2.45) is 5.92 Å². The highest BCUT2D eigenvalue weighted by atomic mass is 32.2. The molecule has 7 nitrogen and oxygen atoms in total. The lowest BCUT2D eigenvalue weighted by molar-refractivity contribution is -0.0280. The molecule has 25 heavy (non-hydrogen) atoms. The van der Waals surface area contributed by atoms with Gasteiger partial charge in [0.1, 0.15) is 4.90 Å². The van der Waals surface area contributed by atoms with Crippen molar-refractivity contribution in [1.82, 2.24) is 9.62 Å². The maximum Gasteiger partial charge on any atom is 0.241 e. The fraction of sp³-hybridized carbons (Fsp3) is 0.625. The summed E-state index contributed by atoms with van der Waals surface area (Å²) in [5, 5.41) is 0. The molecule has 1 unspecified atom stereocenters. The summed E-state index contributed by atoms with van der Waals surface area (Å²) < 4.78 is 56.9. The number of nitrogens with one attached hydrogen (secondary N) is 1. The molecule has 1 aromatic rings. The number of rotatable bonds is 7. The molecule has 142 valence electrons. The summed E-state index contributed by atoms with van der Waals surface area (Å²) in [6, 6.07) is 5.60. The van der Waals surface area contributed by atoms with Crippen LogP contribution in [-0.4, -0.2) is 66.9 Å². The molecule has 1 aliphatic heterocycles. The smallest absolute Gasteiger partial charge is 0.241 e. The van der Waals surface area contributed by atoms with Crippen molar-refractivity contribution < 1.29 is 21.6 Å². The lowest BCUT2D eigenvalue weighted by Gasteiger charge is -2.33. The van der Waals surface area contributed by atoms with Gasteiger partial charge in [0.15, 0.2) is 9.84 Å². The van der Waals surface area contributed by atoms with Crippen LogP contribution in [0.1, 0.15) is 13.8 Å². The summed E-state index contributed by atoms with van der Waals surface area (Å²) in [7, 11) is -7.58. The van der Waals surface area contributed by atoms with Gasteiger partial charge in [-0.3, -0.25) is 4.90 Å². The number of benzene rings is 1. The summed E-state index contributed by atoms with van der Waals surface area (Å²) in [4.78, 5) is 1.82. The van der Waals surface area contributed by atoms with Crippen LogP contribution in [0.4, 0.5) is 0 Å². The summed E-state index contributed by atoms with van der Waals surface area (Å²) in [6.45, 7) is 7.34. The molecule has 0 aliphatic carbocycles. The van der Waals surface area contributed by atoms with Crippen LogP contribution in [0, 0.1) is 5.92 Å². The largest absolute Gasteiger partial charge is 0.374 e. The van der Waals surface area contributed by atoms with E-state index in [1.165, 1.54) is 24.3 Å². The highest BCUT2D eigenvalue weighted by Crippen LogP contribution is 2.20. The second kappa shape index (κ2) is 8.13. The summed E-state index contributed by atoms with van der Waals surface area (Å²) in [5.41, 5.74) is 0. The van der Waals surface area contributed by atoms with Crippen molar-refractivity contribution in [3.05, 3.63) is 24.3 Å². The predicted molar refractivity (Wildman–Crippen MR) is 95.8 cm³/mol. The number of hydrogen-bond donors (Lipinski definition) is 1. The molecule has 9 heteroatoms. The van der Waals surface area contributed by atoms with Crippen LogP contribution in [-0.2, 0) is 24.6 Å². The van der Waals surface area contributed by atoms with Gasteiger partial charge in [0.2, 0.25) is 10.0 Å². The van der Waals surface area contributed by atoms with E-state index in [4.69, 9.17) is 4.74 Å². The van der Waals surface area contributed by atoms with Gasteiger partial charge in [-0.05, 0) is 18.1 Å². The standard InChI is InChI=1S/C16H26N2O5S2/c1-13(2)11-18-8-9-23-14(12-18)10-17-25(21,22)16-7-5-4-6-15(16)24(3,19)20/h4-7,13-14,17H,8-12H2,1-3H3. The van der Waals surface area contributed by atoms with Crippen LogP contribution in [0.3, 0.4) is 0 Å². The molecule has 1 aromatic carbocycles. The maximum absolute atomic E-state index is 12.6. The van der Waals surface area contributed by atoms with Gasteiger partial charge >= 0.3 is 0 Å². The van der Waals surface area contributed by atoms with E-state index in [2.05, 4.69) is 23.5 Å². The quantitative estimate of drug-likeness (QED) is 0.738. The van der Waals surface area contributed by atoms with E-state index in [0.29, 0.717) is 19.1 Å². The normalized spacial score (nSPS) is 20.1. The van der Waals surface area contributed by atoms with E-state index >= 15 is 0 Å². The van der Waals surface area contributed by atoms with Gasteiger partial charge in [0.05, 0.1) is 17.6 Å². The predicted octanol–water partition coefficient (Wildman–Crippen LogP) is 0.725. The Morgan fingerprint density at radius 1 is 1.20 bits per heavy atom. The molecule has 1 saturated heterocycles. The molecule has 1 fully saturated rings. The molecule has 0 bridgehead atoms. The van der Waals surface area contributed by atoms with Gasteiger partial charge in [0, 0.05) is 32.4 Å². The van der Waals surface area contributed by atoms with E-state index in [1.54, 1.807) is 0 Å². The molecule has 0 aromatic heterocycles. The molecule has 0 radical (unpaired) electrons. The second-order valence-electron chi connectivity index (χ2n) is 6.72. The Kier molecular flexibility index (Phi) is 6.61. The Morgan fingerprint density at radius 2 is 1.84 bits per heavy atom. The van der Waals surface area contributed by atoms with E-state index in [-0.39, 0.29) is 22.4 Å². The van der Waals surface area contributed by atoms with Gasteiger partial charge in [-0.15, -0.1) is 0 Å². The van der Waals surface area contributed by atoms with Crippen molar-refractivity contribution in [3.8, 4) is 0 Å². The molecule has 0 amide bonds. The average Bonchev–Trinajstić information content (AvgIpc) is 2.52. The first kappa shape index (κ1) is 20.3. The summed E-state index contributed by atoms with van der Waals surface area (Å²) >= 11 is 0. The van der Waals surface area contributed by atoms with Crippen LogP contribution < -0.4 is 4.72 Å². The van der Waals surface area contributed by atoms with Gasteiger partial charge < -0.3 is 4.74 Å². The molecule has 1 heterocycles. The Hall–Kier alpha value is -1.00. The highest BCUT2D eigenvalue weighted by Gasteiger charge is 2.26. The Morgan fingerprint density at radius 3 is 2.44 bits per heavy atom. The number of ether oxygens (including phenoxy) is 1. The summed E-state index contributed by atoms with van der Waals surface area (Å²) in [6.07, 6.45) is 0.739. The van der Waals surface area contributed by atoms with Crippen molar-refractivity contribution in [1.29, 1.82) is 0 Å². The van der Waals surface area contributed by atoms with E-state index in [1.807, 2.05) is 0 Å². The fourth-order valence-electron chi connectivity index (χ4n) is 2.85. The van der Waals surface area contributed by atoms with Gasteiger partial charge in [-0.2, -0.15) is 0 Å².